The molecule has 1 aliphatic heterocycles. The van der Waals surface area contributed by atoms with Gasteiger partial charge in [-0.2, -0.15) is 4.98 Å². The Morgan fingerprint density at radius 3 is 2.50 bits per heavy atom. The van der Waals surface area contributed by atoms with Gasteiger partial charge in [0.05, 0.1) is 11.9 Å². The molecule has 3 aromatic rings. The van der Waals surface area contributed by atoms with Crippen LogP contribution < -0.4 is 10.2 Å². The molecule has 0 bridgehead atoms. The number of carbonyl (C=O) groups is 2. The van der Waals surface area contributed by atoms with Crippen molar-refractivity contribution in [2.45, 2.75) is 52.5 Å². The lowest BCUT2D eigenvalue weighted by molar-refractivity contribution is -0.127. The topological polar surface area (TPSA) is 104 Å². The third kappa shape index (κ3) is 5.32. The molecule has 2 aliphatic rings. The highest BCUT2D eigenvalue weighted by Gasteiger charge is 2.27. The lowest BCUT2D eigenvalue weighted by Crippen LogP contribution is -2.49. The maximum Gasteiger partial charge on any atom is 0.292 e. The molecule has 1 fully saturated rings. The van der Waals surface area contributed by atoms with Crippen LogP contribution in [0.4, 0.5) is 5.69 Å². The molecular weight excluding hydrogens is 480 g/mol. The van der Waals surface area contributed by atoms with E-state index in [-0.39, 0.29) is 23.1 Å². The Hall–Kier alpha value is -4.01. The van der Waals surface area contributed by atoms with Crippen molar-refractivity contribution in [1.82, 2.24) is 25.3 Å². The molecule has 1 aliphatic carbocycles. The van der Waals surface area contributed by atoms with Gasteiger partial charge in [-0.15, -0.1) is 0 Å². The molecule has 1 aromatic carbocycles. The van der Waals surface area contributed by atoms with Gasteiger partial charge in [-0.25, -0.2) is 0 Å². The second-order valence-electron chi connectivity index (χ2n) is 10.9. The van der Waals surface area contributed by atoms with Gasteiger partial charge in [0.1, 0.15) is 0 Å². The highest BCUT2D eigenvalue weighted by Crippen LogP contribution is 2.32. The summed E-state index contributed by atoms with van der Waals surface area (Å²) in [6.45, 7) is 11.2. The third-order valence-corrected chi connectivity index (χ3v) is 7.15. The van der Waals surface area contributed by atoms with Crippen LogP contribution in [0, 0.1) is 6.92 Å². The number of pyridine rings is 1. The number of hydrogen-bond donors (Lipinski definition) is 1. The maximum atomic E-state index is 12.6. The van der Waals surface area contributed by atoms with E-state index in [1.807, 2.05) is 63.2 Å². The zero-order chi connectivity index (χ0) is 26.9. The third-order valence-electron chi connectivity index (χ3n) is 7.15. The van der Waals surface area contributed by atoms with Crippen LogP contribution in [0.25, 0.3) is 11.1 Å². The molecule has 0 unspecified atom stereocenters. The SMILES string of the molecule is Cc1cc(-c2ccncc2N2CCN(C(=O)C3=CCC3)CC2)ccc1CNC(=O)c1noc(C(C)(C)C)n1. The average molecular weight is 515 g/mol. The molecular formula is C29H34N6O3. The van der Waals surface area contributed by atoms with Crippen molar-refractivity contribution in [2.24, 2.45) is 0 Å². The minimum atomic E-state index is -0.365. The number of nitrogens with one attached hydrogen (secondary N) is 1. The molecule has 2 aromatic heterocycles. The fraction of sp³-hybridized carbons (Fsp3) is 0.414. The Labute approximate surface area is 222 Å². The Morgan fingerprint density at radius 2 is 1.87 bits per heavy atom. The standard InChI is InChI=1S/C29H34N6O3/c1-19-16-21(8-9-22(19)17-31-26(36)25-32-28(38-33-25)29(2,3)4)23-10-11-30-18-24(23)34-12-14-35(15-13-34)27(37)20-6-5-7-20/h6,8-11,16,18H,5,7,12-15,17H2,1-4H3,(H,31,36). The molecule has 198 valence electrons. The normalized spacial score (nSPS) is 15.6. The number of aryl methyl sites for hydroxylation is 1. The second kappa shape index (κ2) is 10.4. The molecule has 0 saturated carbocycles. The van der Waals surface area contributed by atoms with Gasteiger partial charge in [0.25, 0.3) is 11.7 Å². The predicted molar refractivity (Wildman–Crippen MR) is 145 cm³/mol. The largest absolute Gasteiger partial charge is 0.366 e. The van der Waals surface area contributed by atoms with Gasteiger partial charge in [-0.1, -0.05) is 50.2 Å². The lowest BCUT2D eigenvalue weighted by atomic mass is 9.97. The number of rotatable bonds is 6. The van der Waals surface area contributed by atoms with Gasteiger partial charge in [0, 0.05) is 55.5 Å². The first kappa shape index (κ1) is 25.6. The van der Waals surface area contributed by atoms with Crippen LogP contribution >= 0.6 is 0 Å². The molecule has 5 rings (SSSR count). The minimum absolute atomic E-state index is 0.0387. The van der Waals surface area contributed by atoms with Crippen molar-refractivity contribution < 1.29 is 14.1 Å². The summed E-state index contributed by atoms with van der Waals surface area (Å²) in [6.07, 6.45) is 7.67. The van der Waals surface area contributed by atoms with E-state index in [0.29, 0.717) is 25.5 Å². The Balaban J connectivity index is 1.25. The average Bonchev–Trinajstić information content (AvgIpc) is 3.38. The molecule has 2 amide bonds. The van der Waals surface area contributed by atoms with E-state index in [1.54, 1.807) is 0 Å². The van der Waals surface area contributed by atoms with Crippen LogP contribution in [0.3, 0.4) is 0 Å². The molecule has 3 heterocycles. The monoisotopic (exact) mass is 514 g/mol. The van der Waals surface area contributed by atoms with Crippen molar-refractivity contribution in [3.63, 3.8) is 0 Å². The molecule has 9 heteroatoms. The molecule has 1 N–H and O–H groups in total. The number of allylic oxidation sites excluding steroid dienone is 1. The quantitative estimate of drug-likeness (QED) is 0.529. The van der Waals surface area contributed by atoms with Gasteiger partial charge >= 0.3 is 0 Å². The van der Waals surface area contributed by atoms with Crippen molar-refractivity contribution in [2.75, 3.05) is 31.1 Å². The highest BCUT2D eigenvalue weighted by molar-refractivity contribution is 5.95. The molecule has 0 spiro atoms. The summed E-state index contributed by atoms with van der Waals surface area (Å²) in [5.41, 5.74) is 5.97. The van der Waals surface area contributed by atoms with Gasteiger partial charge in [0.15, 0.2) is 0 Å². The first-order valence-electron chi connectivity index (χ1n) is 13.1. The minimum Gasteiger partial charge on any atom is -0.366 e. The van der Waals surface area contributed by atoms with Gasteiger partial charge < -0.3 is 19.6 Å². The zero-order valence-corrected chi connectivity index (χ0v) is 22.5. The van der Waals surface area contributed by atoms with E-state index >= 15 is 0 Å². The number of hydrogen-bond acceptors (Lipinski definition) is 7. The second-order valence-corrected chi connectivity index (χ2v) is 10.9. The van der Waals surface area contributed by atoms with Crippen molar-refractivity contribution >= 4 is 17.5 Å². The smallest absolute Gasteiger partial charge is 0.292 e. The summed E-state index contributed by atoms with van der Waals surface area (Å²) >= 11 is 0. The molecule has 1 saturated heterocycles. The van der Waals surface area contributed by atoms with Crippen LogP contribution in [0.1, 0.15) is 61.2 Å². The van der Waals surface area contributed by atoms with Gasteiger partial charge in [0.2, 0.25) is 11.8 Å². The van der Waals surface area contributed by atoms with E-state index in [1.165, 1.54) is 0 Å². The van der Waals surface area contributed by atoms with Crippen molar-refractivity contribution in [1.29, 1.82) is 0 Å². The van der Waals surface area contributed by atoms with E-state index in [0.717, 1.165) is 59.4 Å². The predicted octanol–water partition coefficient (Wildman–Crippen LogP) is 4.04. The fourth-order valence-corrected chi connectivity index (χ4v) is 4.66. The Morgan fingerprint density at radius 1 is 1.11 bits per heavy atom. The van der Waals surface area contributed by atoms with E-state index in [2.05, 4.69) is 37.5 Å². The highest BCUT2D eigenvalue weighted by atomic mass is 16.5. The summed E-state index contributed by atoms with van der Waals surface area (Å²) in [7, 11) is 0. The van der Waals surface area contributed by atoms with Crippen LogP contribution in [-0.2, 0) is 16.8 Å². The number of piperazine rings is 1. The summed E-state index contributed by atoms with van der Waals surface area (Å²) in [5, 5.41) is 6.72. The van der Waals surface area contributed by atoms with E-state index in [9.17, 15) is 9.59 Å². The summed E-state index contributed by atoms with van der Waals surface area (Å²) in [6, 6.07) is 8.28. The number of benzene rings is 1. The van der Waals surface area contributed by atoms with Gasteiger partial charge in [-0.3, -0.25) is 14.6 Å². The van der Waals surface area contributed by atoms with E-state index in [4.69, 9.17) is 4.52 Å². The number of aromatic nitrogens is 3. The summed E-state index contributed by atoms with van der Waals surface area (Å²) in [5.74, 6) is 0.293. The van der Waals surface area contributed by atoms with Crippen molar-refractivity contribution in [3.05, 3.63) is 71.2 Å². The Kier molecular flexibility index (Phi) is 7.01. The first-order valence-corrected chi connectivity index (χ1v) is 13.1. The molecule has 0 atom stereocenters. The van der Waals surface area contributed by atoms with Crippen LogP contribution in [0.2, 0.25) is 0 Å². The summed E-state index contributed by atoms with van der Waals surface area (Å²) < 4.78 is 5.23. The van der Waals surface area contributed by atoms with Crippen molar-refractivity contribution in [3.8, 4) is 11.1 Å². The number of carbonyl (C=O) groups excluding carboxylic acids is 2. The fourth-order valence-electron chi connectivity index (χ4n) is 4.66. The van der Waals surface area contributed by atoms with Crippen LogP contribution in [0.15, 0.2) is 52.8 Å². The maximum absolute atomic E-state index is 12.6. The molecule has 0 radical (unpaired) electrons. The number of amides is 2. The van der Waals surface area contributed by atoms with E-state index < -0.39 is 0 Å². The molecule has 9 nitrogen and oxygen atoms in total. The lowest BCUT2D eigenvalue weighted by Gasteiger charge is -2.37. The van der Waals surface area contributed by atoms with Crippen LogP contribution in [0.5, 0.6) is 0 Å². The van der Waals surface area contributed by atoms with Crippen LogP contribution in [-0.4, -0.2) is 58.0 Å². The Bertz CT molecular complexity index is 1380. The molecule has 38 heavy (non-hydrogen) atoms. The number of nitrogens with zero attached hydrogens (tertiary/aromatic N) is 5. The van der Waals surface area contributed by atoms with Gasteiger partial charge in [-0.05, 0) is 42.5 Å². The first-order chi connectivity index (χ1) is 18.2. The number of anilines is 1. The summed E-state index contributed by atoms with van der Waals surface area (Å²) in [4.78, 5) is 38.0. The zero-order valence-electron chi connectivity index (χ0n) is 22.5.